The maximum absolute atomic E-state index is 12.6. The van der Waals surface area contributed by atoms with Crippen LogP contribution in [0.4, 0.5) is 0 Å². The minimum absolute atomic E-state index is 0.0164. The highest BCUT2D eigenvalue weighted by atomic mass is 35.5. The first-order chi connectivity index (χ1) is 13.0. The molecule has 0 aliphatic carbocycles. The molecule has 0 spiro atoms. The molecule has 0 saturated carbocycles. The molecule has 3 aromatic carbocycles. The number of nitrogens with zero attached hydrogens (tertiary/aromatic N) is 1. The van der Waals surface area contributed by atoms with Gasteiger partial charge < -0.3 is 4.90 Å². The molecule has 3 aromatic rings. The first-order valence-corrected chi connectivity index (χ1v) is 10.2. The van der Waals surface area contributed by atoms with Gasteiger partial charge in [-0.3, -0.25) is 4.79 Å². The van der Waals surface area contributed by atoms with Crippen molar-refractivity contribution in [1.82, 2.24) is 4.90 Å². The predicted molar refractivity (Wildman–Crippen MR) is 114 cm³/mol. The van der Waals surface area contributed by atoms with Crippen molar-refractivity contribution < 1.29 is 4.79 Å². The van der Waals surface area contributed by atoms with Gasteiger partial charge in [0.05, 0.1) is 0 Å². The summed E-state index contributed by atoms with van der Waals surface area (Å²) >= 11 is 7.71. The molecule has 0 N–H and O–H groups in total. The summed E-state index contributed by atoms with van der Waals surface area (Å²) in [6.45, 7) is 2.65. The van der Waals surface area contributed by atoms with Gasteiger partial charge in [-0.25, -0.2) is 0 Å². The van der Waals surface area contributed by atoms with E-state index < -0.39 is 0 Å². The number of carbonyl (C=O) groups is 1. The standard InChI is InChI=1S/C23H22ClNOS/c1-17-3-13-22(14-4-17)27-16-19-5-9-20(10-6-19)23(26)25(2)15-18-7-11-21(24)12-8-18/h3-14H,15-16H2,1-2H3. The van der Waals surface area contributed by atoms with Crippen molar-refractivity contribution in [2.45, 2.75) is 24.1 Å². The van der Waals surface area contributed by atoms with Crippen molar-refractivity contribution in [2.75, 3.05) is 7.05 Å². The van der Waals surface area contributed by atoms with E-state index in [-0.39, 0.29) is 5.91 Å². The lowest BCUT2D eigenvalue weighted by Gasteiger charge is -2.17. The fourth-order valence-electron chi connectivity index (χ4n) is 2.70. The molecule has 4 heteroatoms. The minimum Gasteiger partial charge on any atom is -0.337 e. The second-order valence-corrected chi connectivity index (χ2v) is 8.07. The maximum atomic E-state index is 12.6. The lowest BCUT2D eigenvalue weighted by atomic mass is 10.1. The molecule has 0 aromatic heterocycles. The molecule has 138 valence electrons. The summed E-state index contributed by atoms with van der Waals surface area (Å²) in [5.41, 5.74) is 4.24. The highest BCUT2D eigenvalue weighted by molar-refractivity contribution is 7.98. The quantitative estimate of drug-likeness (QED) is 0.462. The van der Waals surface area contributed by atoms with Gasteiger partial charge in [0.2, 0.25) is 0 Å². The van der Waals surface area contributed by atoms with E-state index in [0.717, 1.165) is 11.3 Å². The van der Waals surface area contributed by atoms with Crippen LogP contribution in [-0.2, 0) is 12.3 Å². The summed E-state index contributed by atoms with van der Waals surface area (Å²) in [6.07, 6.45) is 0. The molecule has 0 radical (unpaired) electrons. The Morgan fingerprint density at radius 2 is 1.48 bits per heavy atom. The molecule has 0 bridgehead atoms. The molecule has 0 atom stereocenters. The Morgan fingerprint density at radius 3 is 2.11 bits per heavy atom. The van der Waals surface area contributed by atoms with E-state index in [0.29, 0.717) is 17.1 Å². The smallest absolute Gasteiger partial charge is 0.253 e. The summed E-state index contributed by atoms with van der Waals surface area (Å²) < 4.78 is 0. The van der Waals surface area contributed by atoms with Crippen LogP contribution >= 0.6 is 23.4 Å². The number of halogens is 1. The molecule has 0 heterocycles. The average Bonchev–Trinajstić information content (AvgIpc) is 2.69. The van der Waals surface area contributed by atoms with Crippen molar-refractivity contribution in [3.63, 3.8) is 0 Å². The third kappa shape index (κ3) is 5.62. The number of amides is 1. The topological polar surface area (TPSA) is 20.3 Å². The van der Waals surface area contributed by atoms with Gasteiger partial charge in [-0.1, -0.05) is 53.6 Å². The van der Waals surface area contributed by atoms with Crippen molar-refractivity contribution in [2.24, 2.45) is 0 Å². The molecule has 0 aliphatic rings. The Hall–Kier alpha value is -2.23. The summed E-state index contributed by atoms with van der Waals surface area (Å²) in [5, 5.41) is 0.701. The average molecular weight is 396 g/mol. The fraction of sp³-hybridized carbons (Fsp3) is 0.174. The van der Waals surface area contributed by atoms with Gasteiger partial charge in [0.15, 0.2) is 0 Å². The summed E-state index contributed by atoms with van der Waals surface area (Å²) in [7, 11) is 1.82. The van der Waals surface area contributed by atoms with Gasteiger partial charge in [-0.2, -0.15) is 0 Å². The molecule has 0 fully saturated rings. The Bertz CT molecular complexity index is 889. The second-order valence-electron chi connectivity index (χ2n) is 6.59. The van der Waals surface area contributed by atoms with E-state index in [1.807, 2.05) is 55.6 Å². The third-order valence-corrected chi connectivity index (χ3v) is 5.64. The first kappa shape index (κ1) is 19.5. The third-order valence-electron chi connectivity index (χ3n) is 4.31. The molecule has 0 unspecified atom stereocenters. The highest BCUT2D eigenvalue weighted by Gasteiger charge is 2.12. The lowest BCUT2D eigenvalue weighted by molar-refractivity contribution is 0.0785. The monoisotopic (exact) mass is 395 g/mol. The van der Waals surface area contributed by atoms with Crippen molar-refractivity contribution in [3.05, 3.63) is 100 Å². The van der Waals surface area contributed by atoms with E-state index in [1.165, 1.54) is 16.0 Å². The number of thioether (sulfide) groups is 1. The van der Waals surface area contributed by atoms with Gasteiger partial charge in [0, 0.05) is 34.8 Å². The Labute approximate surface area is 170 Å². The molecule has 0 aliphatic heterocycles. The molecule has 0 saturated heterocycles. The van der Waals surface area contributed by atoms with Gasteiger partial charge in [-0.05, 0) is 54.4 Å². The zero-order valence-corrected chi connectivity index (χ0v) is 17.1. The van der Waals surface area contributed by atoms with Gasteiger partial charge in [0.25, 0.3) is 5.91 Å². The van der Waals surface area contributed by atoms with E-state index in [4.69, 9.17) is 11.6 Å². The Balaban J connectivity index is 1.57. The predicted octanol–water partition coefficient (Wildman–Crippen LogP) is 6.21. The van der Waals surface area contributed by atoms with E-state index in [9.17, 15) is 4.79 Å². The van der Waals surface area contributed by atoms with Crippen LogP contribution in [0.15, 0.2) is 77.7 Å². The maximum Gasteiger partial charge on any atom is 0.253 e. The molecular formula is C23H22ClNOS. The molecule has 1 amide bonds. The van der Waals surface area contributed by atoms with E-state index in [1.54, 1.807) is 16.7 Å². The van der Waals surface area contributed by atoms with Crippen LogP contribution in [0.5, 0.6) is 0 Å². The van der Waals surface area contributed by atoms with Crippen LogP contribution in [0, 0.1) is 6.92 Å². The largest absolute Gasteiger partial charge is 0.337 e. The zero-order chi connectivity index (χ0) is 19.2. The molecule has 3 rings (SSSR count). The number of carbonyl (C=O) groups excluding carboxylic acids is 1. The minimum atomic E-state index is 0.0164. The Kier molecular flexibility index (Phi) is 6.59. The lowest BCUT2D eigenvalue weighted by Crippen LogP contribution is -2.26. The SMILES string of the molecule is Cc1ccc(SCc2ccc(C(=O)N(C)Cc3ccc(Cl)cc3)cc2)cc1. The second kappa shape index (κ2) is 9.12. The highest BCUT2D eigenvalue weighted by Crippen LogP contribution is 2.23. The van der Waals surface area contributed by atoms with E-state index in [2.05, 4.69) is 31.2 Å². The van der Waals surface area contributed by atoms with Crippen LogP contribution in [0.1, 0.15) is 27.0 Å². The summed E-state index contributed by atoms with van der Waals surface area (Å²) in [6, 6.07) is 24.0. The molecule has 2 nitrogen and oxygen atoms in total. The normalized spacial score (nSPS) is 10.6. The van der Waals surface area contributed by atoms with E-state index >= 15 is 0 Å². The van der Waals surface area contributed by atoms with Gasteiger partial charge in [-0.15, -0.1) is 11.8 Å². The fourth-order valence-corrected chi connectivity index (χ4v) is 3.68. The van der Waals surface area contributed by atoms with Gasteiger partial charge >= 0.3 is 0 Å². The summed E-state index contributed by atoms with van der Waals surface area (Å²) in [4.78, 5) is 15.6. The number of hydrogen-bond donors (Lipinski definition) is 0. The van der Waals surface area contributed by atoms with Crippen molar-refractivity contribution in [1.29, 1.82) is 0 Å². The summed E-state index contributed by atoms with van der Waals surface area (Å²) in [5.74, 6) is 0.903. The van der Waals surface area contributed by atoms with Crippen LogP contribution in [0.25, 0.3) is 0 Å². The zero-order valence-electron chi connectivity index (χ0n) is 15.5. The van der Waals surface area contributed by atoms with Crippen LogP contribution in [0.2, 0.25) is 5.02 Å². The number of benzene rings is 3. The van der Waals surface area contributed by atoms with Crippen molar-refractivity contribution in [3.8, 4) is 0 Å². The Morgan fingerprint density at radius 1 is 0.889 bits per heavy atom. The number of rotatable bonds is 6. The van der Waals surface area contributed by atoms with Crippen LogP contribution < -0.4 is 0 Å². The molecule has 27 heavy (non-hydrogen) atoms. The number of aryl methyl sites for hydroxylation is 1. The van der Waals surface area contributed by atoms with Gasteiger partial charge in [0.1, 0.15) is 0 Å². The van der Waals surface area contributed by atoms with Crippen molar-refractivity contribution >= 4 is 29.3 Å². The van der Waals surface area contributed by atoms with Crippen LogP contribution in [-0.4, -0.2) is 17.9 Å². The van der Waals surface area contributed by atoms with Crippen LogP contribution in [0.3, 0.4) is 0 Å². The number of hydrogen-bond acceptors (Lipinski definition) is 2. The first-order valence-electron chi connectivity index (χ1n) is 8.79. The molecular weight excluding hydrogens is 374 g/mol.